The van der Waals surface area contributed by atoms with Crippen molar-refractivity contribution in [1.29, 1.82) is 0 Å². The summed E-state index contributed by atoms with van der Waals surface area (Å²) in [6.07, 6.45) is 4.00. The van der Waals surface area contributed by atoms with Gasteiger partial charge in [-0.15, -0.1) is 0 Å². The summed E-state index contributed by atoms with van der Waals surface area (Å²) in [7, 11) is 1.69. The molecule has 0 bridgehead atoms. The number of halogens is 1. The van der Waals surface area contributed by atoms with E-state index in [0.29, 0.717) is 30.8 Å². The molecule has 1 aliphatic rings. The average molecular weight is 345 g/mol. The molecule has 2 N–H and O–H groups in total. The van der Waals surface area contributed by atoms with Crippen LogP contribution in [-0.2, 0) is 6.54 Å². The van der Waals surface area contributed by atoms with Gasteiger partial charge in [0, 0.05) is 7.05 Å². The van der Waals surface area contributed by atoms with Crippen molar-refractivity contribution < 1.29 is 13.5 Å². The van der Waals surface area contributed by atoms with Crippen LogP contribution < -0.4 is 15.4 Å². The van der Waals surface area contributed by atoms with E-state index in [-0.39, 0.29) is 11.9 Å². The molecule has 0 amide bonds. The highest BCUT2D eigenvalue weighted by Gasteiger charge is 2.22. The fourth-order valence-electron chi connectivity index (χ4n) is 2.46. The Bertz CT molecular complexity index is 711. The predicted molar refractivity (Wildman–Crippen MR) is 95.1 cm³/mol. The number of nitrogens with zero attached hydrogens (tertiary/aromatic N) is 1. The summed E-state index contributed by atoms with van der Waals surface area (Å²) in [5.74, 6) is 2.04. The highest BCUT2D eigenvalue weighted by Crippen LogP contribution is 2.30. The second kappa shape index (κ2) is 8.05. The molecule has 3 rings (SSSR count). The number of benzene rings is 1. The standard InChI is InChI=1S/C19H24FN3O2/c1-13(23-19(21-2)22-11-16-4-3-9-24-16)15-7-8-18(17(20)10-15)25-12-14-5-6-14/h3-4,7-10,13-14H,5-6,11-12H2,1-2H3,(H2,21,22,23). The Hall–Kier alpha value is -2.50. The highest BCUT2D eigenvalue weighted by atomic mass is 19.1. The van der Waals surface area contributed by atoms with Crippen LogP contribution in [0.4, 0.5) is 4.39 Å². The average Bonchev–Trinajstić information content (AvgIpc) is 3.30. The van der Waals surface area contributed by atoms with Crippen LogP contribution >= 0.6 is 0 Å². The number of hydrogen-bond acceptors (Lipinski definition) is 3. The van der Waals surface area contributed by atoms with Crippen molar-refractivity contribution in [1.82, 2.24) is 10.6 Å². The SMILES string of the molecule is CN=C(NCc1ccco1)NC(C)c1ccc(OCC2CC2)c(F)c1. The van der Waals surface area contributed by atoms with Crippen molar-refractivity contribution in [2.45, 2.75) is 32.4 Å². The molecule has 1 fully saturated rings. The molecule has 5 nitrogen and oxygen atoms in total. The molecule has 1 aliphatic carbocycles. The molecule has 1 saturated carbocycles. The molecule has 2 aromatic rings. The molecule has 1 atom stereocenters. The van der Waals surface area contributed by atoms with Crippen LogP contribution in [-0.4, -0.2) is 19.6 Å². The van der Waals surface area contributed by atoms with Gasteiger partial charge < -0.3 is 19.8 Å². The Morgan fingerprint density at radius 3 is 2.88 bits per heavy atom. The van der Waals surface area contributed by atoms with E-state index >= 15 is 0 Å². The lowest BCUT2D eigenvalue weighted by atomic mass is 10.1. The number of hydrogen-bond donors (Lipinski definition) is 2. The first-order chi connectivity index (χ1) is 12.2. The summed E-state index contributed by atoms with van der Waals surface area (Å²) in [6.45, 7) is 3.09. The third-order valence-corrected chi connectivity index (χ3v) is 4.21. The minimum absolute atomic E-state index is 0.102. The molecule has 1 unspecified atom stereocenters. The van der Waals surface area contributed by atoms with Crippen molar-refractivity contribution in [3.05, 3.63) is 53.7 Å². The van der Waals surface area contributed by atoms with Crippen molar-refractivity contribution >= 4 is 5.96 Å². The maximum atomic E-state index is 14.2. The van der Waals surface area contributed by atoms with Crippen LogP contribution in [0.25, 0.3) is 0 Å². The summed E-state index contributed by atoms with van der Waals surface area (Å²) in [5.41, 5.74) is 0.831. The number of aliphatic imine (C=N–C) groups is 1. The van der Waals surface area contributed by atoms with Crippen LogP contribution in [0.2, 0.25) is 0 Å². The van der Waals surface area contributed by atoms with Gasteiger partial charge in [0.1, 0.15) is 5.76 Å². The Balaban J connectivity index is 1.55. The predicted octanol–water partition coefficient (Wildman–Crippen LogP) is 3.63. The molecule has 0 aliphatic heterocycles. The number of rotatable bonds is 7. The van der Waals surface area contributed by atoms with Crippen molar-refractivity contribution in [2.75, 3.05) is 13.7 Å². The van der Waals surface area contributed by atoms with E-state index in [1.165, 1.54) is 18.9 Å². The topological polar surface area (TPSA) is 58.8 Å². The second-order valence-electron chi connectivity index (χ2n) is 6.32. The zero-order valence-electron chi connectivity index (χ0n) is 14.6. The van der Waals surface area contributed by atoms with Crippen LogP contribution in [0, 0.1) is 11.7 Å². The molecule has 134 valence electrons. The van der Waals surface area contributed by atoms with Crippen LogP contribution in [0.5, 0.6) is 5.75 Å². The molecular formula is C19H24FN3O2. The Morgan fingerprint density at radius 1 is 1.40 bits per heavy atom. The maximum Gasteiger partial charge on any atom is 0.191 e. The molecule has 6 heteroatoms. The van der Waals surface area contributed by atoms with Gasteiger partial charge in [-0.1, -0.05) is 6.07 Å². The summed E-state index contributed by atoms with van der Waals surface area (Å²) < 4.78 is 25.0. The second-order valence-corrected chi connectivity index (χ2v) is 6.32. The summed E-state index contributed by atoms with van der Waals surface area (Å²) in [6, 6.07) is 8.72. The first kappa shape index (κ1) is 17.3. The number of furan rings is 1. The first-order valence-corrected chi connectivity index (χ1v) is 8.57. The number of guanidine groups is 1. The van der Waals surface area contributed by atoms with E-state index in [1.807, 2.05) is 25.1 Å². The van der Waals surface area contributed by atoms with E-state index in [1.54, 1.807) is 19.4 Å². The fraction of sp³-hybridized carbons (Fsp3) is 0.421. The molecule has 1 heterocycles. The third-order valence-electron chi connectivity index (χ3n) is 4.21. The Morgan fingerprint density at radius 2 is 2.24 bits per heavy atom. The smallest absolute Gasteiger partial charge is 0.191 e. The van der Waals surface area contributed by atoms with Crippen molar-refractivity contribution in [3.8, 4) is 5.75 Å². The zero-order chi connectivity index (χ0) is 17.6. The van der Waals surface area contributed by atoms with Crippen LogP contribution in [0.3, 0.4) is 0 Å². The number of nitrogens with one attached hydrogen (secondary N) is 2. The van der Waals surface area contributed by atoms with E-state index in [9.17, 15) is 4.39 Å². The monoisotopic (exact) mass is 345 g/mol. The lowest BCUT2D eigenvalue weighted by molar-refractivity contribution is 0.285. The van der Waals surface area contributed by atoms with Crippen molar-refractivity contribution in [3.63, 3.8) is 0 Å². The van der Waals surface area contributed by atoms with Gasteiger partial charge in [-0.25, -0.2) is 4.39 Å². The fourth-order valence-corrected chi connectivity index (χ4v) is 2.46. The quantitative estimate of drug-likeness (QED) is 0.594. The molecular weight excluding hydrogens is 321 g/mol. The minimum Gasteiger partial charge on any atom is -0.490 e. The lowest BCUT2D eigenvalue weighted by Gasteiger charge is -2.18. The van der Waals surface area contributed by atoms with Crippen molar-refractivity contribution in [2.24, 2.45) is 10.9 Å². The van der Waals surface area contributed by atoms with Gasteiger partial charge in [-0.05, 0) is 55.5 Å². The highest BCUT2D eigenvalue weighted by molar-refractivity contribution is 5.80. The Labute approximate surface area is 147 Å². The molecule has 0 saturated heterocycles. The maximum absolute atomic E-state index is 14.2. The van der Waals surface area contributed by atoms with E-state index < -0.39 is 0 Å². The van der Waals surface area contributed by atoms with Gasteiger partial charge in [0.25, 0.3) is 0 Å². The summed E-state index contributed by atoms with van der Waals surface area (Å²) >= 11 is 0. The number of ether oxygens (including phenoxy) is 1. The summed E-state index contributed by atoms with van der Waals surface area (Å²) in [5, 5.41) is 6.41. The van der Waals surface area contributed by atoms with Gasteiger partial charge in [-0.3, -0.25) is 4.99 Å². The van der Waals surface area contributed by atoms with Gasteiger partial charge in [0.05, 0.1) is 25.5 Å². The van der Waals surface area contributed by atoms with Crippen LogP contribution in [0.15, 0.2) is 46.0 Å². The van der Waals surface area contributed by atoms with Gasteiger partial charge in [0.2, 0.25) is 0 Å². The molecule has 0 radical (unpaired) electrons. The van der Waals surface area contributed by atoms with E-state index in [2.05, 4.69) is 15.6 Å². The minimum atomic E-state index is -0.328. The molecule has 25 heavy (non-hydrogen) atoms. The summed E-state index contributed by atoms with van der Waals surface area (Å²) in [4.78, 5) is 4.18. The zero-order valence-corrected chi connectivity index (χ0v) is 14.6. The first-order valence-electron chi connectivity index (χ1n) is 8.57. The van der Waals surface area contributed by atoms with Gasteiger partial charge >= 0.3 is 0 Å². The molecule has 1 aromatic heterocycles. The normalized spacial score (nSPS) is 15.7. The largest absolute Gasteiger partial charge is 0.490 e. The lowest BCUT2D eigenvalue weighted by Crippen LogP contribution is -2.38. The Kier molecular flexibility index (Phi) is 5.58. The van der Waals surface area contributed by atoms with Crippen LogP contribution in [0.1, 0.15) is 37.1 Å². The van der Waals surface area contributed by atoms with E-state index in [4.69, 9.17) is 9.15 Å². The van der Waals surface area contributed by atoms with Gasteiger partial charge in [-0.2, -0.15) is 0 Å². The molecule has 0 spiro atoms. The third kappa shape index (κ3) is 4.98. The molecule has 1 aromatic carbocycles. The van der Waals surface area contributed by atoms with Gasteiger partial charge in [0.15, 0.2) is 17.5 Å². The van der Waals surface area contributed by atoms with E-state index in [0.717, 1.165) is 11.3 Å².